The zero-order valence-electron chi connectivity index (χ0n) is 13.8. The maximum absolute atomic E-state index is 11.9. The van der Waals surface area contributed by atoms with Crippen molar-refractivity contribution < 1.29 is 9.53 Å². The van der Waals surface area contributed by atoms with E-state index in [4.69, 9.17) is 4.74 Å². The maximum atomic E-state index is 11.9. The lowest BCUT2D eigenvalue weighted by atomic mass is 9.95. The molecule has 1 rings (SSSR count). The van der Waals surface area contributed by atoms with Gasteiger partial charge in [-0.25, -0.2) is 4.99 Å². The van der Waals surface area contributed by atoms with E-state index in [1.165, 1.54) is 19.3 Å². The Bertz CT molecular complexity index is 321. The Hall–Kier alpha value is -0.570. The van der Waals surface area contributed by atoms with Gasteiger partial charge in [0.1, 0.15) is 6.54 Å². The van der Waals surface area contributed by atoms with Gasteiger partial charge in [0.2, 0.25) is 5.91 Å². The third-order valence-corrected chi connectivity index (χ3v) is 3.44. The van der Waals surface area contributed by atoms with E-state index in [1.807, 2.05) is 13.8 Å². The van der Waals surface area contributed by atoms with Crippen molar-refractivity contribution in [2.75, 3.05) is 32.8 Å². The summed E-state index contributed by atoms with van der Waals surface area (Å²) in [6, 6.07) is 0.343. The van der Waals surface area contributed by atoms with Gasteiger partial charge in [0.05, 0.1) is 6.61 Å². The normalized spacial score (nSPS) is 15.8. The van der Waals surface area contributed by atoms with Crippen molar-refractivity contribution in [3.8, 4) is 0 Å². The van der Waals surface area contributed by atoms with Crippen molar-refractivity contribution in [3.63, 3.8) is 0 Å². The first-order chi connectivity index (χ1) is 10.3. The van der Waals surface area contributed by atoms with E-state index >= 15 is 0 Å². The van der Waals surface area contributed by atoms with Crippen LogP contribution in [0.2, 0.25) is 0 Å². The summed E-state index contributed by atoms with van der Waals surface area (Å²) >= 11 is 0. The van der Waals surface area contributed by atoms with E-state index in [1.54, 1.807) is 0 Å². The molecule has 0 unspecified atom stereocenters. The number of ether oxygens (including phenoxy) is 1. The zero-order valence-corrected chi connectivity index (χ0v) is 16.2. The molecule has 0 aromatic heterocycles. The second-order valence-electron chi connectivity index (χ2n) is 5.22. The highest BCUT2D eigenvalue weighted by atomic mass is 127. The third kappa shape index (κ3) is 10.2. The smallest absolute Gasteiger partial charge is 0.242 e. The monoisotopic (exact) mass is 426 g/mol. The average Bonchev–Trinajstić information content (AvgIpc) is 2.50. The fraction of sp³-hybridized carbons (Fsp3) is 0.867. The van der Waals surface area contributed by atoms with E-state index in [-0.39, 0.29) is 36.4 Å². The standard InChI is InChI=1S/C15H30N4O2.HI/c1-3-16-15(17-10-11-21-4-2)18-12-14(20)19-13-8-6-5-7-9-13;/h13H,3-12H2,1-2H3,(H,19,20)(H2,16,17,18);1H. The quantitative estimate of drug-likeness (QED) is 0.239. The highest BCUT2D eigenvalue weighted by Crippen LogP contribution is 2.17. The van der Waals surface area contributed by atoms with Gasteiger partial charge in [0, 0.05) is 25.7 Å². The van der Waals surface area contributed by atoms with E-state index < -0.39 is 0 Å². The lowest BCUT2D eigenvalue weighted by Crippen LogP contribution is -2.41. The van der Waals surface area contributed by atoms with Crippen molar-refractivity contribution in [3.05, 3.63) is 0 Å². The number of carbonyl (C=O) groups is 1. The zero-order chi connectivity index (χ0) is 15.3. The molecular formula is C15H31IN4O2. The van der Waals surface area contributed by atoms with Crippen molar-refractivity contribution in [2.24, 2.45) is 4.99 Å². The van der Waals surface area contributed by atoms with Gasteiger partial charge < -0.3 is 20.7 Å². The van der Waals surface area contributed by atoms with E-state index in [2.05, 4.69) is 20.9 Å². The molecule has 1 fully saturated rings. The number of amides is 1. The predicted molar refractivity (Wildman–Crippen MR) is 101 cm³/mol. The number of nitrogens with one attached hydrogen (secondary N) is 3. The molecule has 0 saturated heterocycles. The largest absolute Gasteiger partial charge is 0.380 e. The van der Waals surface area contributed by atoms with Crippen LogP contribution >= 0.6 is 24.0 Å². The van der Waals surface area contributed by atoms with Gasteiger partial charge in [0.25, 0.3) is 0 Å². The van der Waals surface area contributed by atoms with Crippen molar-refractivity contribution in [1.29, 1.82) is 0 Å². The van der Waals surface area contributed by atoms with Crippen molar-refractivity contribution >= 4 is 35.8 Å². The molecule has 0 aliphatic heterocycles. The number of hydrogen-bond acceptors (Lipinski definition) is 3. The van der Waals surface area contributed by atoms with Crippen molar-refractivity contribution in [2.45, 2.75) is 52.0 Å². The summed E-state index contributed by atoms with van der Waals surface area (Å²) in [5.41, 5.74) is 0. The molecule has 1 amide bonds. The van der Waals surface area contributed by atoms with E-state index in [0.29, 0.717) is 31.8 Å². The Morgan fingerprint density at radius 3 is 2.55 bits per heavy atom. The molecule has 0 heterocycles. The summed E-state index contributed by atoms with van der Waals surface area (Å²) < 4.78 is 5.26. The van der Waals surface area contributed by atoms with Crippen LogP contribution in [0.25, 0.3) is 0 Å². The number of guanidine groups is 1. The van der Waals surface area contributed by atoms with Gasteiger partial charge in [-0.15, -0.1) is 24.0 Å². The molecule has 0 bridgehead atoms. The molecule has 1 aliphatic carbocycles. The summed E-state index contributed by atoms with van der Waals surface area (Å²) in [5.74, 6) is 0.667. The number of nitrogens with zero attached hydrogens (tertiary/aromatic N) is 1. The van der Waals surface area contributed by atoms with Crippen LogP contribution in [0.1, 0.15) is 46.0 Å². The molecule has 7 heteroatoms. The topological polar surface area (TPSA) is 74.8 Å². The molecule has 1 aliphatic rings. The first-order valence-electron chi connectivity index (χ1n) is 8.15. The molecular weight excluding hydrogens is 395 g/mol. The second kappa shape index (κ2) is 14.0. The first-order valence-corrected chi connectivity index (χ1v) is 8.15. The Morgan fingerprint density at radius 1 is 1.18 bits per heavy atom. The first kappa shape index (κ1) is 21.4. The third-order valence-electron chi connectivity index (χ3n) is 3.44. The average molecular weight is 426 g/mol. The highest BCUT2D eigenvalue weighted by Gasteiger charge is 2.15. The minimum absolute atomic E-state index is 0. The molecule has 3 N–H and O–H groups in total. The van der Waals surface area contributed by atoms with E-state index in [0.717, 1.165) is 19.4 Å². The van der Waals surface area contributed by atoms with Gasteiger partial charge >= 0.3 is 0 Å². The number of rotatable bonds is 8. The molecule has 0 radical (unpaired) electrons. The minimum atomic E-state index is 0. The molecule has 0 aromatic rings. The molecule has 1 saturated carbocycles. The maximum Gasteiger partial charge on any atom is 0.242 e. The molecule has 130 valence electrons. The molecule has 22 heavy (non-hydrogen) atoms. The van der Waals surface area contributed by atoms with E-state index in [9.17, 15) is 4.79 Å². The van der Waals surface area contributed by atoms with Gasteiger partial charge in [-0.2, -0.15) is 0 Å². The molecule has 0 aromatic carbocycles. The van der Waals surface area contributed by atoms with Crippen LogP contribution in [0.5, 0.6) is 0 Å². The second-order valence-corrected chi connectivity index (χ2v) is 5.22. The lowest BCUT2D eigenvalue weighted by molar-refractivity contribution is -0.120. The number of halogens is 1. The Balaban J connectivity index is 0.00000441. The van der Waals surface area contributed by atoms with Crippen LogP contribution in [-0.4, -0.2) is 50.8 Å². The van der Waals surface area contributed by atoms with Gasteiger partial charge in [0.15, 0.2) is 5.96 Å². The van der Waals surface area contributed by atoms with Gasteiger partial charge in [-0.3, -0.25) is 4.79 Å². The number of aliphatic imine (C=N–C) groups is 1. The fourth-order valence-corrected chi connectivity index (χ4v) is 2.40. The van der Waals surface area contributed by atoms with Crippen LogP contribution in [0.15, 0.2) is 4.99 Å². The van der Waals surface area contributed by atoms with Gasteiger partial charge in [-0.05, 0) is 26.7 Å². The van der Waals surface area contributed by atoms with Crippen LogP contribution in [0.3, 0.4) is 0 Å². The van der Waals surface area contributed by atoms with Crippen LogP contribution in [-0.2, 0) is 9.53 Å². The van der Waals surface area contributed by atoms with Crippen LogP contribution < -0.4 is 16.0 Å². The minimum Gasteiger partial charge on any atom is -0.380 e. The SMILES string of the molecule is CCNC(=NCC(=O)NC1CCCCC1)NCCOCC.I. The molecule has 6 nitrogen and oxygen atoms in total. The summed E-state index contributed by atoms with van der Waals surface area (Å²) in [5, 5.41) is 9.34. The van der Waals surface area contributed by atoms with Crippen LogP contribution in [0.4, 0.5) is 0 Å². The summed E-state index contributed by atoms with van der Waals surface area (Å²) in [7, 11) is 0. The molecule has 0 spiro atoms. The fourth-order valence-electron chi connectivity index (χ4n) is 2.40. The molecule has 0 atom stereocenters. The van der Waals surface area contributed by atoms with Gasteiger partial charge in [-0.1, -0.05) is 19.3 Å². The predicted octanol–water partition coefficient (Wildman–Crippen LogP) is 1.64. The lowest BCUT2D eigenvalue weighted by Gasteiger charge is -2.22. The Morgan fingerprint density at radius 2 is 1.91 bits per heavy atom. The summed E-state index contributed by atoms with van der Waals surface area (Å²) in [6.07, 6.45) is 5.93. The van der Waals surface area contributed by atoms with Crippen molar-refractivity contribution in [1.82, 2.24) is 16.0 Å². The van der Waals surface area contributed by atoms with Crippen LogP contribution in [0, 0.1) is 0 Å². The Labute approximate surface area is 151 Å². The number of hydrogen-bond donors (Lipinski definition) is 3. The summed E-state index contributed by atoms with van der Waals surface area (Å²) in [6.45, 7) is 6.93. The highest BCUT2D eigenvalue weighted by molar-refractivity contribution is 14.0. The Kier molecular flexibility index (Phi) is 13.7. The number of carbonyl (C=O) groups excluding carboxylic acids is 1. The summed E-state index contributed by atoms with van der Waals surface area (Å²) in [4.78, 5) is 16.2.